The van der Waals surface area contributed by atoms with Gasteiger partial charge in [0.25, 0.3) is 5.91 Å². The maximum absolute atomic E-state index is 14.6. The van der Waals surface area contributed by atoms with Gasteiger partial charge in [-0.25, -0.2) is 23.6 Å². The molecule has 2 aromatic heterocycles. The van der Waals surface area contributed by atoms with Crippen molar-refractivity contribution in [3.8, 4) is 5.95 Å². The molecule has 4 heterocycles. The third-order valence-corrected chi connectivity index (χ3v) is 10.2. The van der Waals surface area contributed by atoms with Gasteiger partial charge in [-0.1, -0.05) is 18.2 Å². The van der Waals surface area contributed by atoms with Crippen molar-refractivity contribution in [3.63, 3.8) is 0 Å². The van der Waals surface area contributed by atoms with Crippen LogP contribution in [0.3, 0.4) is 0 Å². The van der Waals surface area contributed by atoms with E-state index in [9.17, 15) is 22.8 Å². The minimum atomic E-state index is -1.34. The second-order valence-corrected chi connectivity index (χ2v) is 14.4. The zero-order valence-electron chi connectivity index (χ0n) is 34.6. The molecule has 2 saturated heterocycles. The lowest BCUT2D eigenvalue weighted by Gasteiger charge is -2.35. The van der Waals surface area contributed by atoms with Crippen LogP contribution in [0.1, 0.15) is 28.2 Å². The van der Waals surface area contributed by atoms with Crippen molar-refractivity contribution in [2.45, 2.75) is 20.3 Å². The average Bonchev–Trinajstić information content (AvgIpc) is 3.63. The van der Waals surface area contributed by atoms with Gasteiger partial charge in [0.05, 0.1) is 93.9 Å². The fourth-order valence-electron chi connectivity index (χ4n) is 6.89. The summed E-state index contributed by atoms with van der Waals surface area (Å²) < 4.78 is 67.1. The number of rotatable bonds is 19. The number of hydrogen-bond donors (Lipinski definition) is 2. The number of piperazine rings is 1. The Hall–Kier alpha value is -5.93. The molecular formula is C42H49F3N10O7. The molecule has 7 rings (SSSR count). The number of carbonyl (C=O) groups is 2. The molecule has 2 aliphatic rings. The number of benzene rings is 3. The van der Waals surface area contributed by atoms with Gasteiger partial charge >= 0.3 is 0 Å². The fourth-order valence-corrected chi connectivity index (χ4v) is 6.89. The van der Waals surface area contributed by atoms with Crippen LogP contribution in [-0.4, -0.2) is 140 Å². The van der Waals surface area contributed by atoms with Crippen molar-refractivity contribution in [1.82, 2.24) is 34.9 Å². The quantitative estimate of drug-likeness (QED) is 0.0891. The topological polar surface area (TPSA) is 171 Å². The Labute approximate surface area is 356 Å². The van der Waals surface area contributed by atoms with Gasteiger partial charge in [0.2, 0.25) is 23.8 Å². The van der Waals surface area contributed by atoms with Gasteiger partial charge in [-0.2, -0.15) is 15.0 Å². The fraction of sp³-hybridized carbons (Fsp3) is 0.429. The molecule has 0 atom stereocenters. The van der Waals surface area contributed by atoms with Crippen molar-refractivity contribution in [3.05, 3.63) is 89.0 Å². The Morgan fingerprint density at radius 1 is 0.710 bits per heavy atom. The molecule has 2 aliphatic heterocycles. The van der Waals surface area contributed by atoms with Crippen LogP contribution in [0.15, 0.2) is 54.6 Å². The minimum absolute atomic E-state index is 0.00260. The second kappa shape index (κ2) is 21.2. The van der Waals surface area contributed by atoms with Crippen molar-refractivity contribution in [1.29, 1.82) is 0 Å². The van der Waals surface area contributed by atoms with Crippen LogP contribution in [-0.2, 0) is 28.6 Å². The molecule has 0 unspecified atom stereocenters. The van der Waals surface area contributed by atoms with E-state index in [1.54, 1.807) is 13.0 Å². The average molecular weight is 863 g/mol. The summed E-state index contributed by atoms with van der Waals surface area (Å²) in [6.45, 7) is 9.72. The number of aromatic nitrogens is 5. The zero-order valence-corrected chi connectivity index (χ0v) is 34.6. The highest BCUT2D eigenvalue weighted by Crippen LogP contribution is 2.29. The summed E-state index contributed by atoms with van der Waals surface area (Å²) in [5, 5.41) is 2.46. The number of para-hydroxylation sites is 2. The van der Waals surface area contributed by atoms with Crippen molar-refractivity contribution in [2.24, 2.45) is 0 Å². The van der Waals surface area contributed by atoms with Crippen LogP contribution in [0, 0.1) is 31.3 Å². The van der Waals surface area contributed by atoms with Crippen molar-refractivity contribution < 1.29 is 46.5 Å². The lowest BCUT2D eigenvalue weighted by Crippen LogP contribution is -2.49. The number of carbonyl (C=O) groups excluding carboxylic acids is 2. The molecule has 2 fully saturated rings. The number of imidazole rings is 1. The predicted molar refractivity (Wildman–Crippen MR) is 222 cm³/mol. The van der Waals surface area contributed by atoms with E-state index in [2.05, 4.69) is 20.6 Å². The number of hydrogen-bond acceptors (Lipinski definition) is 14. The molecule has 0 radical (unpaired) electrons. The first kappa shape index (κ1) is 44.1. The standard InChI is InChI=1S/C42H49F3N10O7/c1-28-7-10-33(32(44)27-28)47-38-30(8-9-31(43)37(38)45)39(57)51-62-26-25-61-24-23-60-22-21-58-18-11-36(56)52-12-14-53(15-13-52)40-48-41(54-16-19-59-20-17-54)50-42(49-40)55-29(2)46-34-5-3-4-6-35(34)55/h3-10,27,47H,11-26H2,1-2H3,(H,51,57). The number of halogens is 3. The highest BCUT2D eigenvalue weighted by molar-refractivity contribution is 6.00. The Balaban J connectivity index is 0.764. The van der Waals surface area contributed by atoms with E-state index >= 15 is 0 Å². The van der Waals surface area contributed by atoms with Gasteiger partial charge in [0.1, 0.15) is 11.6 Å². The lowest BCUT2D eigenvalue weighted by atomic mass is 10.1. The number of nitrogens with zero attached hydrogens (tertiary/aromatic N) is 8. The summed E-state index contributed by atoms with van der Waals surface area (Å²) in [6, 6.07) is 13.9. The summed E-state index contributed by atoms with van der Waals surface area (Å²) in [4.78, 5) is 56.2. The van der Waals surface area contributed by atoms with Gasteiger partial charge in [-0.05, 0) is 55.8 Å². The molecule has 0 bridgehead atoms. The van der Waals surface area contributed by atoms with E-state index in [4.69, 9.17) is 43.7 Å². The third kappa shape index (κ3) is 11.1. The molecule has 62 heavy (non-hydrogen) atoms. The Morgan fingerprint density at radius 2 is 1.35 bits per heavy atom. The van der Waals surface area contributed by atoms with Crippen molar-refractivity contribution >= 4 is 46.1 Å². The molecule has 0 spiro atoms. The number of amides is 2. The molecule has 2 N–H and O–H groups in total. The van der Waals surface area contributed by atoms with Crippen LogP contribution in [0.2, 0.25) is 0 Å². The highest BCUT2D eigenvalue weighted by atomic mass is 19.2. The Kier molecular flexibility index (Phi) is 15.1. The molecule has 17 nitrogen and oxygen atoms in total. The van der Waals surface area contributed by atoms with Crippen LogP contribution < -0.4 is 20.6 Å². The number of hydroxylamine groups is 1. The van der Waals surface area contributed by atoms with E-state index in [0.717, 1.165) is 29.0 Å². The molecule has 0 aliphatic carbocycles. The van der Waals surface area contributed by atoms with Gasteiger partial charge in [0, 0.05) is 39.3 Å². The maximum Gasteiger partial charge on any atom is 0.277 e. The first-order valence-electron chi connectivity index (χ1n) is 20.4. The largest absolute Gasteiger partial charge is 0.379 e. The predicted octanol–water partition coefficient (Wildman–Crippen LogP) is 4.27. The molecule has 3 aromatic carbocycles. The van der Waals surface area contributed by atoms with E-state index in [-0.39, 0.29) is 56.6 Å². The number of morpholine rings is 1. The summed E-state index contributed by atoms with van der Waals surface area (Å²) >= 11 is 0. The number of ether oxygens (including phenoxy) is 4. The number of nitrogens with one attached hydrogen (secondary N) is 2. The van der Waals surface area contributed by atoms with Gasteiger partial charge in [-0.3, -0.25) is 19.0 Å². The van der Waals surface area contributed by atoms with Crippen LogP contribution >= 0.6 is 0 Å². The Bertz CT molecular complexity index is 2320. The Morgan fingerprint density at radius 3 is 2.06 bits per heavy atom. The molecule has 5 aromatic rings. The normalized spacial score (nSPS) is 14.4. The summed E-state index contributed by atoms with van der Waals surface area (Å²) in [5.41, 5.74) is 3.61. The monoisotopic (exact) mass is 862 g/mol. The second-order valence-electron chi connectivity index (χ2n) is 14.4. The van der Waals surface area contributed by atoms with E-state index < -0.39 is 29.0 Å². The molecule has 0 saturated carbocycles. The lowest BCUT2D eigenvalue weighted by molar-refractivity contribution is -0.132. The van der Waals surface area contributed by atoms with E-state index in [1.165, 1.54) is 12.1 Å². The zero-order chi connectivity index (χ0) is 43.4. The highest BCUT2D eigenvalue weighted by Gasteiger charge is 2.26. The maximum atomic E-state index is 14.6. The summed E-state index contributed by atoms with van der Waals surface area (Å²) in [5.74, 6) is -1.71. The van der Waals surface area contributed by atoms with Crippen molar-refractivity contribution in [2.75, 3.05) is 114 Å². The minimum Gasteiger partial charge on any atom is -0.379 e. The number of fused-ring (bicyclic) bond motifs is 1. The summed E-state index contributed by atoms with van der Waals surface area (Å²) in [7, 11) is 0. The summed E-state index contributed by atoms with van der Waals surface area (Å²) in [6.07, 6.45) is 0.239. The molecule has 20 heteroatoms. The smallest absolute Gasteiger partial charge is 0.277 e. The van der Waals surface area contributed by atoms with Gasteiger partial charge in [0.15, 0.2) is 11.6 Å². The van der Waals surface area contributed by atoms with Gasteiger partial charge in [-0.15, -0.1) is 0 Å². The third-order valence-electron chi connectivity index (χ3n) is 10.2. The molecular weight excluding hydrogens is 814 g/mol. The van der Waals surface area contributed by atoms with E-state index in [1.807, 2.05) is 40.7 Å². The first-order valence-corrected chi connectivity index (χ1v) is 20.4. The first-order chi connectivity index (χ1) is 30.2. The number of anilines is 4. The van der Waals surface area contributed by atoms with Gasteiger partial charge < -0.3 is 39.0 Å². The van der Waals surface area contributed by atoms with Crippen LogP contribution in [0.5, 0.6) is 0 Å². The molecule has 2 amide bonds. The van der Waals surface area contributed by atoms with Crippen LogP contribution in [0.25, 0.3) is 17.0 Å². The number of aryl methyl sites for hydroxylation is 2. The SMILES string of the molecule is Cc1ccc(Nc2c(C(=O)NOCCOCCOCCOCCC(=O)N3CCN(c4nc(N5CCOCC5)nc(-n5c(C)nc6ccccc65)n4)CC3)ccc(F)c2F)c(F)c1. The van der Waals surface area contributed by atoms with E-state index in [0.29, 0.717) is 89.1 Å². The van der Waals surface area contributed by atoms with Crippen LogP contribution in [0.4, 0.5) is 36.4 Å². The molecule has 330 valence electrons.